The van der Waals surface area contributed by atoms with Crippen LogP contribution in [0.4, 0.5) is 0 Å². The SMILES string of the molecule is CCCCC[C@@]1(C)CO1. The molecule has 1 heterocycles. The zero-order valence-electron chi connectivity index (χ0n) is 6.44. The largest absolute Gasteiger partial charge is 0.370 e. The lowest BCUT2D eigenvalue weighted by atomic mass is 10.0. The van der Waals surface area contributed by atoms with Crippen LogP contribution in [-0.4, -0.2) is 12.2 Å². The summed E-state index contributed by atoms with van der Waals surface area (Å²) >= 11 is 0. The Morgan fingerprint density at radius 1 is 1.44 bits per heavy atom. The lowest BCUT2D eigenvalue weighted by molar-refractivity contribution is 0.302. The predicted molar refractivity (Wildman–Crippen MR) is 38.5 cm³/mol. The molecule has 0 saturated carbocycles. The van der Waals surface area contributed by atoms with Crippen LogP contribution in [0, 0.1) is 0 Å². The summed E-state index contributed by atoms with van der Waals surface area (Å²) in [6.07, 6.45) is 5.28. The molecule has 0 N–H and O–H groups in total. The second kappa shape index (κ2) is 2.70. The van der Waals surface area contributed by atoms with Crippen molar-refractivity contribution in [3.05, 3.63) is 0 Å². The molecule has 0 bridgehead atoms. The van der Waals surface area contributed by atoms with Gasteiger partial charge in [-0.05, 0) is 13.3 Å². The molecule has 0 aromatic carbocycles. The van der Waals surface area contributed by atoms with Crippen molar-refractivity contribution in [2.45, 2.75) is 45.1 Å². The first-order valence-electron chi connectivity index (χ1n) is 3.91. The van der Waals surface area contributed by atoms with E-state index >= 15 is 0 Å². The first-order chi connectivity index (χ1) is 4.27. The molecule has 0 aromatic heterocycles. The molecule has 1 saturated heterocycles. The highest BCUT2D eigenvalue weighted by molar-refractivity contribution is 4.86. The third-order valence-corrected chi connectivity index (χ3v) is 1.95. The van der Waals surface area contributed by atoms with Gasteiger partial charge in [0.05, 0.1) is 12.2 Å². The number of ether oxygens (including phenoxy) is 1. The minimum Gasteiger partial charge on any atom is -0.370 e. The van der Waals surface area contributed by atoms with Crippen molar-refractivity contribution in [3.8, 4) is 0 Å². The fourth-order valence-electron chi connectivity index (χ4n) is 1.02. The van der Waals surface area contributed by atoms with Crippen LogP contribution in [0.3, 0.4) is 0 Å². The van der Waals surface area contributed by atoms with Crippen LogP contribution in [-0.2, 0) is 4.74 Å². The van der Waals surface area contributed by atoms with Crippen molar-refractivity contribution in [2.75, 3.05) is 6.61 Å². The first-order valence-corrected chi connectivity index (χ1v) is 3.91. The van der Waals surface area contributed by atoms with Crippen LogP contribution in [0.25, 0.3) is 0 Å². The molecule has 1 fully saturated rings. The molecule has 1 atom stereocenters. The quantitative estimate of drug-likeness (QED) is 0.418. The summed E-state index contributed by atoms with van der Waals surface area (Å²) in [5.41, 5.74) is 0.301. The lowest BCUT2D eigenvalue weighted by Gasteiger charge is -2.01. The van der Waals surface area contributed by atoms with Gasteiger partial charge in [0.15, 0.2) is 0 Å². The smallest absolute Gasteiger partial charge is 0.0888 e. The fourth-order valence-corrected chi connectivity index (χ4v) is 1.02. The summed E-state index contributed by atoms with van der Waals surface area (Å²) in [4.78, 5) is 0. The van der Waals surface area contributed by atoms with Gasteiger partial charge in [0.1, 0.15) is 0 Å². The van der Waals surface area contributed by atoms with Crippen LogP contribution in [0.15, 0.2) is 0 Å². The summed E-state index contributed by atoms with van der Waals surface area (Å²) in [5.74, 6) is 0. The highest BCUT2D eigenvalue weighted by Crippen LogP contribution is 2.31. The third-order valence-electron chi connectivity index (χ3n) is 1.95. The van der Waals surface area contributed by atoms with E-state index in [9.17, 15) is 0 Å². The van der Waals surface area contributed by atoms with E-state index < -0.39 is 0 Å². The second-order valence-corrected chi connectivity index (χ2v) is 3.20. The van der Waals surface area contributed by atoms with E-state index in [1.54, 1.807) is 0 Å². The summed E-state index contributed by atoms with van der Waals surface area (Å²) in [5, 5.41) is 0. The Labute approximate surface area is 57.4 Å². The number of unbranched alkanes of at least 4 members (excludes halogenated alkanes) is 2. The monoisotopic (exact) mass is 128 g/mol. The molecule has 0 unspecified atom stereocenters. The summed E-state index contributed by atoms with van der Waals surface area (Å²) in [7, 11) is 0. The van der Waals surface area contributed by atoms with E-state index in [1.165, 1.54) is 25.7 Å². The van der Waals surface area contributed by atoms with Crippen molar-refractivity contribution in [2.24, 2.45) is 0 Å². The van der Waals surface area contributed by atoms with E-state index in [1.807, 2.05) is 0 Å². The molecule has 0 spiro atoms. The summed E-state index contributed by atoms with van der Waals surface area (Å²) < 4.78 is 5.24. The fraction of sp³-hybridized carbons (Fsp3) is 1.00. The summed E-state index contributed by atoms with van der Waals surface area (Å²) in [6.45, 7) is 5.43. The van der Waals surface area contributed by atoms with Gasteiger partial charge in [0.2, 0.25) is 0 Å². The van der Waals surface area contributed by atoms with E-state index in [-0.39, 0.29) is 0 Å². The Bertz CT molecular complexity index is 84.6. The maximum absolute atomic E-state index is 5.24. The Kier molecular flexibility index (Phi) is 2.12. The van der Waals surface area contributed by atoms with Crippen molar-refractivity contribution in [1.82, 2.24) is 0 Å². The molecular weight excluding hydrogens is 112 g/mol. The number of epoxide rings is 1. The molecule has 0 aromatic rings. The lowest BCUT2D eigenvalue weighted by Crippen LogP contribution is -2.02. The molecule has 0 radical (unpaired) electrons. The molecule has 54 valence electrons. The molecule has 0 amide bonds. The highest BCUT2D eigenvalue weighted by Gasteiger charge is 2.37. The van der Waals surface area contributed by atoms with Crippen LogP contribution in [0.1, 0.15) is 39.5 Å². The van der Waals surface area contributed by atoms with Gasteiger partial charge < -0.3 is 4.74 Å². The Balaban J connectivity index is 1.92. The van der Waals surface area contributed by atoms with Gasteiger partial charge in [-0.25, -0.2) is 0 Å². The molecule has 1 rings (SSSR count). The molecule has 9 heavy (non-hydrogen) atoms. The minimum atomic E-state index is 0.301. The van der Waals surface area contributed by atoms with E-state index in [2.05, 4.69) is 13.8 Å². The zero-order valence-corrected chi connectivity index (χ0v) is 6.44. The van der Waals surface area contributed by atoms with Crippen molar-refractivity contribution in [1.29, 1.82) is 0 Å². The Morgan fingerprint density at radius 3 is 2.56 bits per heavy atom. The van der Waals surface area contributed by atoms with Gasteiger partial charge >= 0.3 is 0 Å². The van der Waals surface area contributed by atoms with Gasteiger partial charge in [-0.3, -0.25) is 0 Å². The van der Waals surface area contributed by atoms with Gasteiger partial charge in [-0.15, -0.1) is 0 Å². The number of hydrogen-bond donors (Lipinski definition) is 0. The Morgan fingerprint density at radius 2 is 2.11 bits per heavy atom. The van der Waals surface area contributed by atoms with E-state index in [4.69, 9.17) is 4.74 Å². The van der Waals surface area contributed by atoms with Crippen LogP contribution >= 0.6 is 0 Å². The van der Waals surface area contributed by atoms with Crippen LogP contribution in [0.2, 0.25) is 0 Å². The van der Waals surface area contributed by atoms with Crippen molar-refractivity contribution in [3.63, 3.8) is 0 Å². The number of rotatable bonds is 4. The van der Waals surface area contributed by atoms with E-state index in [0.29, 0.717) is 5.60 Å². The average Bonchev–Trinajstić information content (AvgIpc) is 2.50. The van der Waals surface area contributed by atoms with Crippen molar-refractivity contribution < 1.29 is 4.74 Å². The maximum atomic E-state index is 5.24. The first kappa shape index (κ1) is 7.07. The molecule has 1 aliphatic rings. The Hall–Kier alpha value is -0.0400. The number of hydrogen-bond acceptors (Lipinski definition) is 1. The van der Waals surface area contributed by atoms with Crippen molar-refractivity contribution >= 4 is 0 Å². The average molecular weight is 128 g/mol. The molecular formula is C8H16O. The third kappa shape index (κ3) is 2.35. The van der Waals surface area contributed by atoms with Gasteiger partial charge in [-0.2, -0.15) is 0 Å². The predicted octanol–water partition coefficient (Wildman–Crippen LogP) is 2.36. The van der Waals surface area contributed by atoms with Gasteiger partial charge in [0, 0.05) is 0 Å². The van der Waals surface area contributed by atoms with Crippen LogP contribution in [0.5, 0.6) is 0 Å². The standard InChI is InChI=1S/C8H16O/c1-3-4-5-6-8(2)7-9-8/h3-7H2,1-2H3/t8-/m0/s1. The van der Waals surface area contributed by atoms with Gasteiger partial charge in [-0.1, -0.05) is 26.2 Å². The van der Waals surface area contributed by atoms with Crippen LogP contribution < -0.4 is 0 Å². The molecule has 1 heteroatoms. The summed E-state index contributed by atoms with van der Waals surface area (Å²) in [6, 6.07) is 0. The zero-order chi connectivity index (χ0) is 6.74. The highest BCUT2D eigenvalue weighted by atomic mass is 16.6. The van der Waals surface area contributed by atoms with Gasteiger partial charge in [0.25, 0.3) is 0 Å². The van der Waals surface area contributed by atoms with E-state index in [0.717, 1.165) is 6.61 Å². The minimum absolute atomic E-state index is 0.301. The topological polar surface area (TPSA) is 12.5 Å². The maximum Gasteiger partial charge on any atom is 0.0888 e. The second-order valence-electron chi connectivity index (χ2n) is 3.20. The molecule has 1 aliphatic heterocycles. The normalized spacial score (nSPS) is 32.7. The molecule has 1 nitrogen and oxygen atoms in total. The molecule has 0 aliphatic carbocycles.